The van der Waals surface area contributed by atoms with Gasteiger partial charge in [0.1, 0.15) is 6.61 Å². The molecule has 0 spiro atoms. The van der Waals surface area contributed by atoms with Gasteiger partial charge in [-0.2, -0.15) is 0 Å². The van der Waals surface area contributed by atoms with Crippen LogP contribution in [0.2, 0.25) is 0 Å². The van der Waals surface area contributed by atoms with Crippen LogP contribution in [0.3, 0.4) is 0 Å². The molecule has 1 amide bonds. The van der Waals surface area contributed by atoms with Gasteiger partial charge >= 0.3 is 13.5 Å². The maximum atomic E-state index is 11.5. The highest BCUT2D eigenvalue weighted by Crippen LogP contribution is 2.44. The van der Waals surface area contributed by atoms with Gasteiger partial charge in [0.25, 0.3) is 5.87 Å². The minimum Gasteiger partial charge on any atom is -0.488 e. The van der Waals surface area contributed by atoms with Gasteiger partial charge in [-0.25, -0.2) is 4.79 Å². The molecule has 2 aromatic rings. The van der Waals surface area contributed by atoms with Gasteiger partial charge in [-0.3, -0.25) is 4.79 Å². The number of benzene rings is 2. The Labute approximate surface area is 128 Å². The van der Waals surface area contributed by atoms with Crippen LogP contribution < -0.4 is 5.23 Å². The Bertz CT molecular complexity index is 686. The fourth-order valence-electron chi connectivity index (χ4n) is 2.76. The van der Waals surface area contributed by atoms with E-state index in [9.17, 15) is 9.59 Å². The van der Waals surface area contributed by atoms with Crippen LogP contribution in [0.4, 0.5) is 9.59 Å². The summed E-state index contributed by atoms with van der Waals surface area (Å²) in [5.41, 5.74) is 4.51. The standard InChI is InChI=1S/C16H13BNO4/c19-15(20)17-18-16(21)22-9-14-12-7-3-1-5-10(12)11-6-2-4-8-13(11)14/h1-8,14H,9H2,(H,18,21)(H,19,20). The number of rotatable bonds is 4. The van der Waals surface area contributed by atoms with Crippen LogP contribution in [-0.4, -0.2) is 31.1 Å². The Morgan fingerprint density at radius 3 is 2.14 bits per heavy atom. The molecule has 6 heteroatoms. The van der Waals surface area contributed by atoms with E-state index in [1.54, 1.807) is 0 Å². The molecule has 22 heavy (non-hydrogen) atoms. The summed E-state index contributed by atoms with van der Waals surface area (Å²) < 4.78 is 5.15. The normalized spacial score (nSPS) is 12.2. The molecule has 0 saturated heterocycles. The summed E-state index contributed by atoms with van der Waals surface area (Å²) >= 11 is 0. The van der Waals surface area contributed by atoms with Gasteiger partial charge in [0.05, 0.1) is 0 Å². The number of amides is 1. The number of nitrogens with one attached hydrogen (secondary N) is 1. The molecular formula is C16H13BNO4. The first-order chi connectivity index (χ1) is 10.7. The van der Waals surface area contributed by atoms with Gasteiger partial charge in [0.15, 0.2) is 0 Å². The Morgan fingerprint density at radius 1 is 1.05 bits per heavy atom. The minimum atomic E-state index is -1.23. The first-order valence-electron chi connectivity index (χ1n) is 6.84. The lowest BCUT2D eigenvalue weighted by atomic mass is 9.96. The minimum absolute atomic E-state index is 0.0389. The van der Waals surface area contributed by atoms with Crippen LogP contribution >= 0.6 is 0 Å². The van der Waals surface area contributed by atoms with Crippen molar-refractivity contribution in [3.8, 4) is 11.1 Å². The molecule has 0 heterocycles. The predicted octanol–water partition coefficient (Wildman–Crippen LogP) is 2.82. The number of hydrogen-bond acceptors (Lipinski definition) is 3. The van der Waals surface area contributed by atoms with E-state index < -0.39 is 12.0 Å². The van der Waals surface area contributed by atoms with Gasteiger partial charge in [0, 0.05) is 5.92 Å². The summed E-state index contributed by atoms with van der Waals surface area (Å²) in [5.74, 6) is -1.27. The summed E-state index contributed by atoms with van der Waals surface area (Å²) in [6.45, 7) is 0.160. The van der Waals surface area contributed by atoms with Crippen LogP contribution in [0.1, 0.15) is 17.0 Å². The molecule has 0 unspecified atom stereocenters. The van der Waals surface area contributed by atoms with E-state index in [4.69, 9.17) is 9.84 Å². The summed E-state index contributed by atoms with van der Waals surface area (Å²) in [7, 11) is 0.652. The topological polar surface area (TPSA) is 75.6 Å². The van der Waals surface area contributed by atoms with E-state index in [0.717, 1.165) is 22.3 Å². The third-order valence-electron chi connectivity index (χ3n) is 3.66. The van der Waals surface area contributed by atoms with Gasteiger partial charge in [-0.1, -0.05) is 48.5 Å². The summed E-state index contributed by atoms with van der Waals surface area (Å²) in [6.07, 6.45) is -0.774. The number of carbonyl (C=O) groups is 2. The molecular weight excluding hydrogens is 281 g/mol. The van der Waals surface area contributed by atoms with Crippen molar-refractivity contribution >= 4 is 19.4 Å². The highest BCUT2D eigenvalue weighted by atomic mass is 16.5. The van der Waals surface area contributed by atoms with E-state index in [1.165, 1.54) is 0 Å². The first-order valence-corrected chi connectivity index (χ1v) is 6.84. The van der Waals surface area contributed by atoms with Crippen LogP contribution in [0, 0.1) is 0 Å². The maximum Gasteiger partial charge on any atom is 0.395 e. The van der Waals surface area contributed by atoms with Gasteiger partial charge in [0.2, 0.25) is 0 Å². The molecule has 109 valence electrons. The molecule has 0 bridgehead atoms. The fourth-order valence-corrected chi connectivity index (χ4v) is 2.76. The van der Waals surface area contributed by atoms with Crippen LogP contribution in [0.25, 0.3) is 11.1 Å². The van der Waals surface area contributed by atoms with E-state index in [2.05, 4.69) is 5.23 Å². The predicted molar refractivity (Wildman–Crippen MR) is 82.0 cm³/mol. The van der Waals surface area contributed by atoms with Crippen molar-refractivity contribution < 1.29 is 19.4 Å². The molecule has 1 aliphatic rings. The van der Waals surface area contributed by atoms with Crippen molar-refractivity contribution in [2.45, 2.75) is 5.92 Å². The van der Waals surface area contributed by atoms with E-state index >= 15 is 0 Å². The second kappa shape index (κ2) is 5.93. The molecule has 3 rings (SSSR count). The third kappa shape index (κ3) is 2.68. The zero-order valence-corrected chi connectivity index (χ0v) is 11.7. The molecule has 0 atom stereocenters. The van der Waals surface area contributed by atoms with Gasteiger partial charge in [-0.15, -0.1) is 0 Å². The summed E-state index contributed by atoms with van der Waals surface area (Å²) in [4.78, 5) is 21.9. The average molecular weight is 294 g/mol. The monoisotopic (exact) mass is 294 g/mol. The second-order valence-electron chi connectivity index (χ2n) is 4.95. The molecule has 1 aliphatic carbocycles. The Kier molecular flexibility index (Phi) is 3.83. The molecule has 5 nitrogen and oxygen atoms in total. The molecule has 0 aliphatic heterocycles. The lowest BCUT2D eigenvalue weighted by Gasteiger charge is -2.14. The average Bonchev–Trinajstić information content (AvgIpc) is 2.85. The molecule has 2 aromatic carbocycles. The fraction of sp³-hybridized carbons (Fsp3) is 0.125. The smallest absolute Gasteiger partial charge is 0.395 e. The van der Waals surface area contributed by atoms with Crippen LogP contribution in [0.15, 0.2) is 48.5 Å². The largest absolute Gasteiger partial charge is 0.488 e. The van der Waals surface area contributed by atoms with E-state index in [1.807, 2.05) is 48.5 Å². The first kappa shape index (κ1) is 14.2. The number of fused-ring (bicyclic) bond motifs is 3. The second-order valence-corrected chi connectivity index (χ2v) is 4.95. The SMILES string of the molecule is O=C(O)[B]NC(=O)OCC1c2ccccc2-c2ccccc21. The van der Waals surface area contributed by atoms with Crippen LogP contribution in [-0.2, 0) is 4.74 Å². The zero-order chi connectivity index (χ0) is 15.5. The highest BCUT2D eigenvalue weighted by molar-refractivity contribution is 6.71. The molecule has 0 saturated carbocycles. The summed E-state index contributed by atoms with van der Waals surface area (Å²) in [6, 6.07) is 16.0. The Hall–Kier alpha value is -2.76. The van der Waals surface area contributed by atoms with Crippen molar-refractivity contribution in [2.75, 3.05) is 6.61 Å². The number of hydrogen-bond donors (Lipinski definition) is 2. The zero-order valence-electron chi connectivity index (χ0n) is 11.7. The maximum absolute atomic E-state index is 11.5. The lowest BCUT2D eigenvalue weighted by molar-refractivity contribution is 0.149. The van der Waals surface area contributed by atoms with Crippen molar-refractivity contribution in [1.29, 1.82) is 0 Å². The Morgan fingerprint density at radius 2 is 1.59 bits per heavy atom. The van der Waals surface area contributed by atoms with Crippen molar-refractivity contribution in [2.24, 2.45) is 0 Å². The van der Waals surface area contributed by atoms with E-state index in [0.29, 0.717) is 7.41 Å². The van der Waals surface area contributed by atoms with Crippen molar-refractivity contribution in [1.82, 2.24) is 5.23 Å². The number of carbonyl (C=O) groups excluding carboxylic acids is 1. The van der Waals surface area contributed by atoms with Crippen molar-refractivity contribution in [3.63, 3.8) is 0 Å². The van der Waals surface area contributed by atoms with Crippen LogP contribution in [0.5, 0.6) is 0 Å². The number of carboxylic acid groups (broad SMARTS) is 1. The molecule has 1 radical (unpaired) electrons. The van der Waals surface area contributed by atoms with Gasteiger partial charge in [-0.05, 0) is 22.3 Å². The molecule has 0 aromatic heterocycles. The van der Waals surface area contributed by atoms with Gasteiger partial charge < -0.3 is 15.1 Å². The third-order valence-corrected chi connectivity index (χ3v) is 3.66. The highest BCUT2D eigenvalue weighted by Gasteiger charge is 2.28. The Balaban J connectivity index is 1.77. The van der Waals surface area contributed by atoms with E-state index in [-0.39, 0.29) is 12.5 Å². The molecule has 2 N–H and O–H groups in total. The molecule has 0 fully saturated rings. The lowest BCUT2D eigenvalue weighted by Crippen LogP contribution is -2.33. The quantitative estimate of drug-likeness (QED) is 0.850. The summed E-state index contributed by atoms with van der Waals surface area (Å²) in [5, 5.41) is 10.5. The number of ether oxygens (including phenoxy) is 1. The van der Waals surface area contributed by atoms with Crippen molar-refractivity contribution in [3.05, 3.63) is 59.7 Å².